The van der Waals surface area contributed by atoms with Gasteiger partial charge in [0.25, 0.3) is 0 Å². The van der Waals surface area contributed by atoms with Crippen molar-refractivity contribution in [3.63, 3.8) is 0 Å². The Balaban J connectivity index is 1.94. The van der Waals surface area contributed by atoms with E-state index in [4.69, 9.17) is 9.25 Å². The first-order chi connectivity index (χ1) is 12.4. The number of phenols is 1. The molecule has 132 valence electrons. The standard InChI is InChI=1S/C20H19N3O3/c1-20(2,3)26-22-16-11-19(25-18-7-6-14(24)10-15(16)18)17-9-13-5-4-8-23(13)12-21-17/h4-12,24H,1-3H3. The lowest BCUT2D eigenvalue weighted by molar-refractivity contribution is -0.00585. The van der Waals surface area contributed by atoms with Crippen LogP contribution in [0.15, 0.2) is 64.6 Å². The molecule has 0 atom stereocenters. The molecule has 0 fully saturated rings. The highest BCUT2D eigenvalue weighted by Crippen LogP contribution is 2.24. The summed E-state index contributed by atoms with van der Waals surface area (Å²) in [6.45, 7) is 5.77. The molecule has 26 heavy (non-hydrogen) atoms. The highest BCUT2D eigenvalue weighted by atomic mass is 16.6. The van der Waals surface area contributed by atoms with Gasteiger partial charge in [0.1, 0.15) is 28.0 Å². The molecular weight excluding hydrogens is 330 g/mol. The van der Waals surface area contributed by atoms with Crippen molar-refractivity contribution >= 4 is 16.5 Å². The molecule has 1 aromatic carbocycles. The number of nitrogens with zero attached hydrogens (tertiary/aromatic N) is 3. The van der Waals surface area contributed by atoms with Crippen molar-refractivity contribution < 1.29 is 14.4 Å². The number of hydrogen-bond acceptors (Lipinski definition) is 5. The van der Waals surface area contributed by atoms with E-state index in [1.54, 1.807) is 30.6 Å². The van der Waals surface area contributed by atoms with Crippen molar-refractivity contribution in [2.45, 2.75) is 26.4 Å². The Morgan fingerprint density at radius 2 is 2.00 bits per heavy atom. The van der Waals surface area contributed by atoms with E-state index in [1.807, 2.05) is 49.6 Å². The van der Waals surface area contributed by atoms with E-state index < -0.39 is 5.60 Å². The molecule has 0 aliphatic heterocycles. The monoisotopic (exact) mass is 349 g/mol. The smallest absolute Gasteiger partial charge is 0.155 e. The predicted molar refractivity (Wildman–Crippen MR) is 98.5 cm³/mol. The number of rotatable bonds is 2. The van der Waals surface area contributed by atoms with Crippen LogP contribution in [0.1, 0.15) is 20.8 Å². The van der Waals surface area contributed by atoms with Crippen LogP contribution in [-0.2, 0) is 4.84 Å². The molecule has 0 aliphatic rings. The van der Waals surface area contributed by atoms with Crippen molar-refractivity contribution in [2.75, 3.05) is 0 Å². The molecule has 6 heteroatoms. The Bertz CT molecular complexity index is 1170. The zero-order valence-corrected chi connectivity index (χ0v) is 14.8. The van der Waals surface area contributed by atoms with Crippen LogP contribution in [0.25, 0.3) is 27.9 Å². The summed E-state index contributed by atoms with van der Waals surface area (Å²) in [5, 5.41) is 15.3. The summed E-state index contributed by atoms with van der Waals surface area (Å²) < 4.78 is 7.93. The maximum atomic E-state index is 9.82. The fourth-order valence-electron chi connectivity index (χ4n) is 2.62. The second kappa shape index (κ2) is 5.91. The summed E-state index contributed by atoms with van der Waals surface area (Å²) in [6, 6.07) is 12.6. The van der Waals surface area contributed by atoms with Gasteiger partial charge in [0.05, 0.1) is 11.7 Å². The third-order valence-electron chi connectivity index (χ3n) is 3.81. The van der Waals surface area contributed by atoms with Crippen molar-refractivity contribution in [3.05, 3.63) is 60.3 Å². The molecule has 0 unspecified atom stereocenters. The Morgan fingerprint density at radius 3 is 2.81 bits per heavy atom. The molecule has 3 heterocycles. The molecule has 4 aromatic rings. The molecule has 0 radical (unpaired) electrons. The number of hydrogen-bond donors (Lipinski definition) is 1. The third kappa shape index (κ3) is 3.13. The highest BCUT2D eigenvalue weighted by molar-refractivity contribution is 5.79. The Kier molecular flexibility index (Phi) is 3.68. The van der Waals surface area contributed by atoms with Crippen LogP contribution in [0.2, 0.25) is 0 Å². The van der Waals surface area contributed by atoms with Crippen molar-refractivity contribution in [2.24, 2.45) is 5.16 Å². The van der Waals surface area contributed by atoms with Gasteiger partial charge < -0.3 is 18.8 Å². The molecule has 0 amide bonds. The highest BCUT2D eigenvalue weighted by Gasteiger charge is 2.12. The number of benzene rings is 1. The average molecular weight is 349 g/mol. The lowest BCUT2D eigenvalue weighted by Crippen LogP contribution is -2.18. The van der Waals surface area contributed by atoms with E-state index >= 15 is 0 Å². The maximum Gasteiger partial charge on any atom is 0.155 e. The number of aromatic hydroxyl groups is 1. The molecule has 4 rings (SSSR count). The van der Waals surface area contributed by atoms with E-state index in [0.717, 1.165) is 5.52 Å². The van der Waals surface area contributed by atoms with Gasteiger partial charge in [-0.3, -0.25) is 0 Å². The van der Waals surface area contributed by atoms with Crippen LogP contribution < -0.4 is 5.36 Å². The molecular formula is C20H19N3O3. The van der Waals surface area contributed by atoms with Gasteiger partial charge in [-0.25, -0.2) is 4.98 Å². The quantitative estimate of drug-likeness (QED) is 0.553. The van der Waals surface area contributed by atoms with E-state index in [1.165, 1.54) is 0 Å². The van der Waals surface area contributed by atoms with E-state index in [2.05, 4.69) is 10.1 Å². The van der Waals surface area contributed by atoms with Gasteiger partial charge in [-0.15, -0.1) is 0 Å². The lowest BCUT2D eigenvalue weighted by atomic mass is 10.2. The largest absolute Gasteiger partial charge is 0.508 e. The predicted octanol–water partition coefficient (Wildman–Crippen LogP) is 4.08. The molecule has 1 N–H and O–H groups in total. The van der Waals surface area contributed by atoms with Gasteiger partial charge in [0, 0.05) is 17.8 Å². The summed E-state index contributed by atoms with van der Waals surface area (Å²) >= 11 is 0. The van der Waals surface area contributed by atoms with Gasteiger partial charge in [-0.05, 0) is 57.2 Å². The Morgan fingerprint density at radius 1 is 1.15 bits per heavy atom. The van der Waals surface area contributed by atoms with Crippen LogP contribution in [0.5, 0.6) is 5.75 Å². The minimum Gasteiger partial charge on any atom is -0.508 e. The summed E-state index contributed by atoms with van der Waals surface area (Å²) in [5.74, 6) is 0.712. The maximum absolute atomic E-state index is 9.82. The Labute approximate surface area is 150 Å². The van der Waals surface area contributed by atoms with Crippen molar-refractivity contribution in [1.82, 2.24) is 9.38 Å². The molecule has 0 bridgehead atoms. The topological polar surface area (TPSA) is 72.3 Å². The first-order valence-electron chi connectivity index (χ1n) is 8.31. The van der Waals surface area contributed by atoms with Crippen molar-refractivity contribution in [1.29, 1.82) is 0 Å². The zero-order valence-electron chi connectivity index (χ0n) is 14.8. The minimum atomic E-state index is -0.431. The lowest BCUT2D eigenvalue weighted by Gasteiger charge is -2.15. The average Bonchev–Trinajstić information content (AvgIpc) is 3.06. The molecule has 0 saturated carbocycles. The molecule has 0 aliphatic carbocycles. The SMILES string of the molecule is CC(C)(C)ON=c1cc(-c2cc3cccn3cn2)oc2ccc(O)cc12. The van der Waals surface area contributed by atoms with Crippen LogP contribution in [-0.4, -0.2) is 20.1 Å². The summed E-state index contributed by atoms with van der Waals surface area (Å²) in [7, 11) is 0. The minimum absolute atomic E-state index is 0.139. The Hall–Kier alpha value is -3.28. The van der Waals surface area contributed by atoms with Crippen molar-refractivity contribution in [3.8, 4) is 17.2 Å². The molecule has 6 nitrogen and oxygen atoms in total. The summed E-state index contributed by atoms with van der Waals surface area (Å²) in [6.07, 6.45) is 3.67. The van der Waals surface area contributed by atoms with Gasteiger partial charge >= 0.3 is 0 Å². The van der Waals surface area contributed by atoms with Crippen LogP contribution in [0, 0.1) is 0 Å². The van der Waals surface area contributed by atoms with Crippen LogP contribution in [0.4, 0.5) is 0 Å². The van der Waals surface area contributed by atoms with Gasteiger partial charge in [-0.2, -0.15) is 0 Å². The number of aromatic nitrogens is 2. The van der Waals surface area contributed by atoms with Gasteiger partial charge in [0.15, 0.2) is 5.76 Å². The second-order valence-corrected chi connectivity index (χ2v) is 7.09. The zero-order chi connectivity index (χ0) is 18.3. The fourth-order valence-corrected chi connectivity index (χ4v) is 2.62. The fraction of sp³-hybridized carbons (Fsp3) is 0.200. The number of phenolic OH excluding ortho intramolecular Hbond substituents is 1. The normalized spacial score (nSPS) is 12.8. The molecule has 0 spiro atoms. The summed E-state index contributed by atoms with van der Waals surface area (Å²) in [4.78, 5) is 10.1. The summed E-state index contributed by atoms with van der Waals surface area (Å²) in [5.41, 5.74) is 1.87. The molecule has 0 saturated heterocycles. The second-order valence-electron chi connectivity index (χ2n) is 7.09. The van der Waals surface area contributed by atoms with E-state index in [9.17, 15) is 5.11 Å². The molecule has 3 aromatic heterocycles. The van der Waals surface area contributed by atoms with Crippen LogP contribution >= 0.6 is 0 Å². The number of fused-ring (bicyclic) bond motifs is 2. The van der Waals surface area contributed by atoms with E-state index in [-0.39, 0.29) is 5.75 Å². The first kappa shape index (κ1) is 16.2. The van der Waals surface area contributed by atoms with Crippen LogP contribution in [0.3, 0.4) is 0 Å². The van der Waals surface area contributed by atoms with E-state index in [0.29, 0.717) is 27.8 Å². The third-order valence-corrected chi connectivity index (χ3v) is 3.81. The first-order valence-corrected chi connectivity index (χ1v) is 8.31. The van der Waals surface area contributed by atoms with Gasteiger partial charge in [-0.1, -0.05) is 5.16 Å². The van der Waals surface area contributed by atoms with Gasteiger partial charge in [0.2, 0.25) is 0 Å².